The van der Waals surface area contributed by atoms with E-state index in [1.54, 1.807) is 0 Å². The fourth-order valence-electron chi connectivity index (χ4n) is 3.76. The van der Waals surface area contributed by atoms with Crippen LogP contribution in [0, 0.1) is 0 Å². The van der Waals surface area contributed by atoms with Crippen LogP contribution in [0.25, 0.3) is 0 Å². The van der Waals surface area contributed by atoms with Crippen molar-refractivity contribution in [2.75, 3.05) is 0 Å². The first-order valence-corrected chi connectivity index (χ1v) is 9.01. The molecule has 0 unspecified atom stereocenters. The highest BCUT2D eigenvalue weighted by Gasteiger charge is 2.44. The summed E-state index contributed by atoms with van der Waals surface area (Å²) in [6.07, 6.45) is 4.08. The van der Waals surface area contributed by atoms with Crippen LogP contribution in [-0.2, 0) is 21.0 Å². The van der Waals surface area contributed by atoms with Crippen molar-refractivity contribution in [3.05, 3.63) is 28.8 Å². The van der Waals surface area contributed by atoms with E-state index < -0.39 is 11.4 Å². The van der Waals surface area contributed by atoms with Gasteiger partial charge >= 0.3 is 5.97 Å². The molecule has 0 radical (unpaired) electrons. The Hall–Kier alpha value is -1.51. The summed E-state index contributed by atoms with van der Waals surface area (Å²) in [7, 11) is 0. The van der Waals surface area contributed by atoms with Gasteiger partial charge < -0.3 is 10.2 Å². The zero-order chi connectivity index (χ0) is 18.3. The van der Waals surface area contributed by atoms with E-state index in [1.807, 2.05) is 6.07 Å². The third-order valence-electron chi connectivity index (χ3n) is 5.42. The van der Waals surface area contributed by atoms with Gasteiger partial charge in [-0.25, -0.2) is 0 Å². The van der Waals surface area contributed by atoms with Crippen molar-refractivity contribution in [2.24, 2.45) is 0 Å². The summed E-state index contributed by atoms with van der Waals surface area (Å²) < 4.78 is 0. The first-order valence-electron chi connectivity index (χ1n) is 9.01. The first-order chi connectivity index (χ1) is 10.9. The molecule has 1 aliphatic carbocycles. The van der Waals surface area contributed by atoms with Crippen LogP contribution in [0.5, 0.6) is 5.75 Å². The molecule has 0 atom stereocenters. The van der Waals surface area contributed by atoms with Gasteiger partial charge in [0, 0.05) is 5.56 Å². The summed E-state index contributed by atoms with van der Waals surface area (Å²) in [6, 6.07) is 4.00. The number of carboxylic acids is 1. The summed E-state index contributed by atoms with van der Waals surface area (Å²) >= 11 is 0. The van der Waals surface area contributed by atoms with Gasteiger partial charge in [-0.2, -0.15) is 0 Å². The second-order valence-corrected chi connectivity index (χ2v) is 9.37. The molecule has 0 aromatic heterocycles. The molecular formula is C21H32O3. The molecule has 0 saturated heterocycles. The maximum absolute atomic E-state index is 12.2. The van der Waals surface area contributed by atoms with Crippen LogP contribution in [0.1, 0.15) is 90.3 Å². The predicted molar refractivity (Wildman–Crippen MR) is 97.9 cm³/mol. The number of carbonyl (C=O) groups is 1. The molecule has 0 heterocycles. The fourth-order valence-corrected chi connectivity index (χ4v) is 3.76. The summed E-state index contributed by atoms with van der Waals surface area (Å²) in [5.74, 6) is -0.622. The molecule has 1 saturated carbocycles. The standard InChI is InChI=1S/C21H32O3/c1-19(2,3)14-12-15(20(4,5)6)17(22)16(13-14)21(18(23)24)10-8-7-9-11-21/h12-13,22H,7-11H2,1-6H3,(H,23,24). The van der Waals surface area contributed by atoms with E-state index in [-0.39, 0.29) is 16.6 Å². The van der Waals surface area contributed by atoms with Crippen molar-refractivity contribution in [2.45, 2.75) is 89.9 Å². The first kappa shape index (κ1) is 18.8. The molecule has 0 bridgehead atoms. The number of aliphatic carboxylic acids is 1. The molecule has 3 nitrogen and oxygen atoms in total. The molecule has 0 aliphatic heterocycles. The van der Waals surface area contributed by atoms with E-state index in [0.29, 0.717) is 18.4 Å². The highest BCUT2D eigenvalue weighted by atomic mass is 16.4. The monoisotopic (exact) mass is 332 g/mol. The van der Waals surface area contributed by atoms with Gasteiger partial charge in [0.25, 0.3) is 0 Å². The molecule has 1 aromatic rings. The lowest BCUT2D eigenvalue weighted by molar-refractivity contribution is -0.145. The zero-order valence-corrected chi connectivity index (χ0v) is 16.0. The minimum atomic E-state index is -0.955. The van der Waals surface area contributed by atoms with Crippen molar-refractivity contribution in [1.29, 1.82) is 0 Å². The number of rotatable bonds is 2. The smallest absolute Gasteiger partial charge is 0.314 e. The summed E-state index contributed by atoms with van der Waals surface area (Å²) in [5, 5.41) is 21.1. The quantitative estimate of drug-likeness (QED) is 0.775. The molecule has 2 rings (SSSR count). The largest absolute Gasteiger partial charge is 0.507 e. The van der Waals surface area contributed by atoms with Gasteiger partial charge in [-0.05, 0) is 34.8 Å². The average molecular weight is 332 g/mol. The number of phenols is 1. The van der Waals surface area contributed by atoms with Crippen molar-refractivity contribution >= 4 is 5.97 Å². The minimum Gasteiger partial charge on any atom is -0.507 e. The Morgan fingerprint density at radius 3 is 1.92 bits per heavy atom. The average Bonchev–Trinajstić information content (AvgIpc) is 2.45. The van der Waals surface area contributed by atoms with E-state index in [2.05, 4.69) is 47.6 Å². The molecule has 0 amide bonds. The van der Waals surface area contributed by atoms with Crippen molar-refractivity contribution in [3.8, 4) is 5.75 Å². The normalized spacial score (nSPS) is 18.4. The van der Waals surface area contributed by atoms with Crippen LogP contribution in [0.3, 0.4) is 0 Å². The van der Waals surface area contributed by atoms with Crippen LogP contribution in [0.15, 0.2) is 12.1 Å². The van der Waals surface area contributed by atoms with Crippen LogP contribution in [0.4, 0.5) is 0 Å². The zero-order valence-electron chi connectivity index (χ0n) is 16.0. The number of hydrogen-bond donors (Lipinski definition) is 2. The second-order valence-electron chi connectivity index (χ2n) is 9.37. The maximum Gasteiger partial charge on any atom is 0.314 e. The molecule has 3 heteroatoms. The van der Waals surface area contributed by atoms with Gasteiger partial charge in [-0.3, -0.25) is 4.79 Å². The Bertz CT molecular complexity index is 624. The second kappa shape index (κ2) is 6.09. The number of carboxylic acid groups (broad SMARTS) is 1. The minimum absolute atomic E-state index is 0.100. The third-order valence-corrected chi connectivity index (χ3v) is 5.42. The summed E-state index contributed by atoms with van der Waals surface area (Å²) in [6.45, 7) is 12.6. The topological polar surface area (TPSA) is 57.5 Å². The SMILES string of the molecule is CC(C)(C)c1cc(C(C)(C)C)c(O)c(C2(C(=O)O)CCCCC2)c1. The molecule has 1 aromatic carbocycles. The number of hydrogen-bond acceptors (Lipinski definition) is 2. The Labute approximate surface area is 146 Å². The molecule has 134 valence electrons. The van der Waals surface area contributed by atoms with Crippen molar-refractivity contribution < 1.29 is 15.0 Å². The van der Waals surface area contributed by atoms with Crippen LogP contribution >= 0.6 is 0 Å². The predicted octanol–water partition coefficient (Wildman–Crippen LogP) is 5.27. The Kier molecular flexibility index (Phi) is 4.78. The van der Waals surface area contributed by atoms with Crippen molar-refractivity contribution in [1.82, 2.24) is 0 Å². The molecule has 0 spiro atoms. The summed E-state index contributed by atoms with van der Waals surface area (Å²) in [5.41, 5.74) is 1.25. The van der Waals surface area contributed by atoms with E-state index in [1.165, 1.54) is 0 Å². The lowest BCUT2D eigenvalue weighted by Crippen LogP contribution is -2.38. The van der Waals surface area contributed by atoms with Crippen molar-refractivity contribution in [3.63, 3.8) is 0 Å². The summed E-state index contributed by atoms with van der Waals surface area (Å²) in [4.78, 5) is 12.2. The molecule has 24 heavy (non-hydrogen) atoms. The third kappa shape index (κ3) is 3.31. The van der Waals surface area contributed by atoms with Crippen LogP contribution in [-0.4, -0.2) is 16.2 Å². The van der Waals surface area contributed by atoms with Gasteiger partial charge in [0.2, 0.25) is 0 Å². The van der Waals surface area contributed by atoms with Gasteiger partial charge in [-0.15, -0.1) is 0 Å². The lowest BCUT2D eigenvalue weighted by Gasteiger charge is -2.37. The fraction of sp³-hybridized carbons (Fsp3) is 0.667. The van der Waals surface area contributed by atoms with E-state index in [9.17, 15) is 15.0 Å². The van der Waals surface area contributed by atoms with E-state index in [4.69, 9.17) is 0 Å². The highest BCUT2D eigenvalue weighted by molar-refractivity contribution is 5.83. The van der Waals surface area contributed by atoms with Gasteiger partial charge in [0.15, 0.2) is 0 Å². The number of aromatic hydroxyl groups is 1. The molecular weight excluding hydrogens is 300 g/mol. The molecule has 1 aliphatic rings. The van der Waals surface area contributed by atoms with Gasteiger partial charge in [0.1, 0.15) is 5.75 Å². The van der Waals surface area contributed by atoms with Gasteiger partial charge in [-0.1, -0.05) is 72.9 Å². The molecule has 2 N–H and O–H groups in total. The molecule has 1 fully saturated rings. The van der Waals surface area contributed by atoms with Gasteiger partial charge in [0.05, 0.1) is 5.41 Å². The van der Waals surface area contributed by atoms with Crippen LogP contribution < -0.4 is 0 Å². The van der Waals surface area contributed by atoms with E-state index >= 15 is 0 Å². The van der Waals surface area contributed by atoms with Crippen LogP contribution in [0.2, 0.25) is 0 Å². The van der Waals surface area contributed by atoms with E-state index in [0.717, 1.165) is 30.4 Å². The maximum atomic E-state index is 12.2. The Balaban J connectivity index is 2.78. The lowest BCUT2D eigenvalue weighted by atomic mass is 9.66. The highest BCUT2D eigenvalue weighted by Crippen LogP contribution is 2.48. The number of benzene rings is 1. The Morgan fingerprint density at radius 1 is 0.958 bits per heavy atom. The Morgan fingerprint density at radius 2 is 1.50 bits per heavy atom. The number of phenolic OH excluding ortho intramolecular Hbond substituents is 1.